The first-order chi connectivity index (χ1) is 20.1. The van der Waals surface area contributed by atoms with E-state index in [1.807, 2.05) is 37.9 Å². The zero-order valence-corrected chi connectivity index (χ0v) is 28.4. The van der Waals surface area contributed by atoms with Crippen molar-refractivity contribution in [2.75, 3.05) is 37.7 Å². The van der Waals surface area contributed by atoms with Crippen molar-refractivity contribution in [1.29, 1.82) is 0 Å². The van der Waals surface area contributed by atoms with Crippen molar-refractivity contribution in [2.24, 2.45) is 16.9 Å². The fraction of sp³-hybridized carbons (Fsp3) is 0.586. The third kappa shape index (κ3) is 6.24. The number of carbonyl (C=O) groups excluding carboxylic acids is 1. The summed E-state index contributed by atoms with van der Waals surface area (Å²) in [4.78, 5) is 32.6. The number of nitrogens with two attached hydrogens (primary N) is 2. The Morgan fingerprint density at radius 2 is 1.80 bits per heavy atom. The van der Waals surface area contributed by atoms with Gasteiger partial charge in [0.15, 0.2) is 11.5 Å². The Labute approximate surface area is 279 Å². The Balaban J connectivity index is 0.00000221. The number of aliphatic hydroxyl groups excluding tert-OH is 1. The Morgan fingerprint density at radius 3 is 2.41 bits per heavy atom. The lowest BCUT2D eigenvalue weighted by atomic mass is 9.73. The van der Waals surface area contributed by atoms with E-state index in [1.54, 1.807) is 4.40 Å². The summed E-state index contributed by atoms with van der Waals surface area (Å²) in [7, 11) is 0. The fourth-order valence-electron chi connectivity index (χ4n) is 6.48. The largest absolute Gasteiger partial charge is 0.390 e. The van der Waals surface area contributed by atoms with Crippen LogP contribution in [0.3, 0.4) is 0 Å². The van der Waals surface area contributed by atoms with Gasteiger partial charge in [-0.05, 0) is 52.5 Å². The number of anilines is 1. The summed E-state index contributed by atoms with van der Waals surface area (Å²) in [6.07, 6.45) is 5.31. The molecular formula is C29H41Cl3N8O3S. The summed E-state index contributed by atoms with van der Waals surface area (Å²) in [6.45, 7) is 9.09. The average Bonchev–Trinajstić information content (AvgIpc) is 3.47. The van der Waals surface area contributed by atoms with Crippen LogP contribution in [0.1, 0.15) is 60.2 Å². The molecule has 6 heterocycles. The molecule has 3 aromatic rings. The lowest BCUT2D eigenvalue weighted by Gasteiger charge is -2.42. The van der Waals surface area contributed by atoms with Gasteiger partial charge in [0, 0.05) is 54.8 Å². The van der Waals surface area contributed by atoms with Gasteiger partial charge in [0.05, 0.1) is 35.7 Å². The summed E-state index contributed by atoms with van der Waals surface area (Å²) in [5, 5.41) is 11.4. The normalized spacial score (nSPS) is 21.9. The highest BCUT2D eigenvalue weighted by molar-refractivity contribution is 7.99. The predicted octanol–water partition coefficient (Wildman–Crippen LogP) is 3.78. The van der Waals surface area contributed by atoms with Gasteiger partial charge < -0.3 is 31.1 Å². The van der Waals surface area contributed by atoms with Gasteiger partial charge in [-0.1, -0.05) is 23.4 Å². The molecule has 3 aromatic heterocycles. The molecule has 0 bridgehead atoms. The van der Waals surface area contributed by atoms with Crippen LogP contribution in [0.2, 0.25) is 5.02 Å². The van der Waals surface area contributed by atoms with E-state index in [0.717, 1.165) is 49.4 Å². The fourth-order valence-corrected chi connectivity index (χ4v) is 7.66. The first kappa shape index (κ1) is 35.0. The van der Waals surface area contributed by atoms with Gasteiger partial charge in [-0.3, -0.25) is 9.20 Å². The molecule has 0 unspecified atom stereocenters. The zero-order valence-electron chi connectivity index (χ0n) is 25.2. The van der Waals surface area contributed by atoms with E-state index in [1.165, 1.54) is 11.8 Å². The van der Waals surface area contributed by atoms with Gasteiger partial charge in [0.2, 0.25) is 0 Å². The van der Waals surface area contributed by atoms with Crippen LogP contribution in [0.4, 0.5) is 5.82 Å². The molecule has 44 heavy (non-hydrogen) atoms. The Morgan fingerprint density at radius 1 is 1.11 bits per heavy atom. The lowest BCUT2D eigenvalue weighted by Crippen LogP contribution is -2.51. The van der Waals surface area contributed by atoms with E-state index in [2.05, 4.69) is 9.88 Å². The van der Waals surface area contributed by atoms with Crippen molar-refractivity contribution in [3.05, 3.63) is 40.1 Å². The van der Waals surface area contributed by atoms with Gasteiger partial charge in [-0.15, -0.1) is 24.8 Å². The second kappa shape index (κ2) is 13.8. The van der Waals surface area contributed by atoms with Gasteiger partial charge in [0.25, 0.3) is 5.91 Å². The number of amides is 1. The lowest BCUT2D eigenvalue weighted by molar-refractivity contribution is 0.0707. The third-order valence-electron chi connectivity index (χ3n) is 9.24. The molecule has 0 aliphatic carbocycles. The van der Waals surface area contributed by atoms with Crippen LogP contribution in [0.15, 0.2) is 22.2 Å². The van der Waals surface area contributed by atoms with E-state index in [9.17, 15) is 9.90 Å². The van der Waals surface area contributed by atoms with Crippen LogP contribution in [0.25, 0.3) is 5.65 Å². The Bertz CT molecular complexity index is 1510. The number of hydrogen-bond acceptors (Lipinski definition) is 10. The van der Waals surface area contributed by atoms with Crippen molar-refractivity contribution in [3.8, 4) is 0 Å². The molecule has 2 atom stereocenters. The number of nitrogens with zero attached hydrogens (tertiary/aromatic N) is 6. The SMILES string of the molecule is Cc1nc(N2CCC3(CC2)CO[C@@H](C)[C@H]3N)c(CO)nc1Sc1ccn2c(C(=O)N3CCC(N)CC3)c(C)nc2c1Cl.Cl.Cl. The number of aromatic nitrogens is 4. The minimum Gasteiger partial charge on any atom is -0.390 e. The van der Waals surface area contributed by atoms with Crippen molar-refractivity contribution in [2.45, 2.75) is 81.2 Å². The zero-order chi connectivity index (χ0) is 29.8. The Kier molecular flexibility index (Phi) is 11.0. The highest BCUT2D eigenvalue weighted by Crippen LogP contribution is 2.43. The molecule has 3 saturated heterocycles. The van der Waals surface area contributed by atoms with Crippen LogP contribution < -0.4 is 16.4 Å². The number of halogens is 3. The van der Waals surface area contributed by atoms with Gasteiger partial charge >= 0.3 is 0 Å². The van der Waals surface area contributed by atoms with Gasteiger partial charge in [-0.2, -0.15) is 0 Å². The summed E-state index contributed by atoms with van der Waals surface area (Å²) < 4.78 is 7.64. The number of rotatable bonds is 5. The van der Waals surface area contributed by atoms with Crippen LogP contribution in [-0.2, 0) is 11.3 Å². The molecule has 242 valence electrons. The maximum Gasteiger partial charge on any atom is 0.272 e. The predicted molar refractivity (Wildman–Crippen MR) is 177 cm³/mol. The van der Waals surface area contributed by atoms with Crippen LogP contribution in [-0.4, -0.2) is 86.2 Å². The maximum absolute atomic E-state index is 13.4. The molecule has 1 spiro atoms. The minimum absolute atomic E-state index is 0. The summed E-state index contributed by atoms with van der Waals surface area (Å²) in [5.41, 5.74) is 15.5. The molecule has 6 rings (SSSR count). The number of aryl methyl sites for hydroxylation is 2. The number of fused-ring (bicyclic) bond motifs is 1. The van der Waals surface area contributed by atoms with E-state index < -0.39 is 0 Å². The minimum atomic E-state index is -0.226. The number of pyridine rings is 1. The quantitative estimate of drug-likeness (QED) is 0.362. The monoisotopic (exact) mass is 686 g/mol. The number of hydrogen-bond donors (Lipinski definition) is 3. The molecule has 11 nitrogen and oxygen atoms in total. The Hall–Kier alpha value is -1.90. The number of likely N-dealkylation sites (tertiary alicyclic amines) is 1. The molecule has 0 radical (unpaired) electrons. The van der Waals surface area contributed by atoms with Crippen molar-refractivity contribution in [3.63, 3.8) is 0 Å². The number of imidazole rings is 1. The number of piperidine rings is 2. The maximum atomic E-state index is 13.4. The number of carbonyl (C=O) groups is 1. The van der Waals surface area contributed by atoms with E-state index in [0.29, 0.717) is 58.3 Å². The highest BCUT2D eigenvalue weighted by Gasteiger charge is 2.47. The molecule has 3 aliphatic rings. The highest BCUT2D eigenvalue weighted by atomic mass is 35.5. The van der Waals surface area contributed by atoms with E-state index >= 15 is 0 Å². The average molecular weight is 688 g/mol. The summed E-state index contributed by atoms with van der Waals surface area (Å²) in [6, 6.07) is 2.04. The van der Waals surface area contributed by atoms with Crippen molar-refractivity contribution >= 4 is 65.5 Å². The summed E-state index contributed by atoms with van der Waals surface area (Å²) in [5.74, 6) is 0.649. The van der Waals surface area contributed by atoms with Crippen LogP contribution >= 0.6 is 48.2 Å². The standard InChI is InChI=1S/C29H39ClN8O3S.2ClH/c1-16-23(28(40)37-9-4-19(31)5-10-37)38-11-6-21(22(30)26(38)33-16)42-27-17(2)34-25(20(14-39)35-27)36-12-7-29(8-13-36)15-41-18(3)24(29)32;;/h6,11,18-19,24,39H,4-5,7-10,12-15,31-32H2,1-3H3;2*1H/t18-,24+;;/m0../s1. The van der Waals surface area contributed by atoms with Gasteiger partial charge in [0.1, 0.15) is 16.4 Å². The van der Waals surface area contributed by atoms with Crippen LogP contribution in [0.5, 0.6) is 0 Å². The molecule has 1 amide bonds. The second-order valence-electron chi connectivity index (χ2n) is 11.9. The van der Waals surface area contributed by atoms with Crippen LogP contribution in [0, 0.1) is 19.3 Å². The molecule has 0 aromatic carbocycles. The van der Waals surface area contributed by atoms with E-state index in [-0.39, 0.29) is 60.9 Å². The molecule has 3 aliphatic heterocycles. The second-order valence-corrected chi connectivity index (χ2v) is 13.3. The number of aliphatic hydroxyl groups is 1. The molecule has 15 heteroatoms. The van der Waals surface area contributed by atoms with Crippen molar-refractivity contribution < 1.29 is 14.6 Å². The number of ether oxygens (including phenoxy) is 1. The van der Waals surface area contributed by atoms with E-state index in [4.69, 9.17) is 37.8 Å². The third-order valence-corrected chi connectivity index (χ3v) is 10.9. The first-order valence-corrected chi connectivity index (χ1v) is 15.8. The first-order valence-electron chi connectivity index (χ1n) is 14.6. The smallest absolute Gasteiger partial charge is 0.272 e. The molecule has 5 N–H and O–H groups in total. The molecule has 0 saturated carbocycles. The molecular weight excluding hydrogens is 647 g/mol. The van der Waals surface area contributed by atoms with Gasteiger partial charge in [-0.25, -0.2) is 15.0 Å². The van der Waals surface area contributed by atoms with Crippen molar-refractivity contribution in [1.82, 2.24) is 24.3 Å². The summed E-state index contributed by atoms with van der Waals surface area (Å²) >= 11 is 8.25. The molecule has 3 fully saturated rings. The topological polar surface area (TPSA) is 148 Å².